The van der Waals surface area contributed by atoms with Crippen molar-refractivity contribution in [2.45, 2.75) is 19.3 Å². The molecule has 0 fully saturated rings. The van der Waals surface area contributed by atoms with E-state index in [4.69, 9.17) is 0 Å². The monoisotopic (exact) mass is 305 g/mol. The van der Waals surface area contributed by atoms with E-state index in [1.165, 1.54) is 18.9 Å². The van der Waals surface area contributed by atoms with Crippen LogP contribution in [0.5, 0.6) is 0 Å². The van der Waals surface area contributed by atoms with Crippen LogP contribution >= 0.6 is 11.8 Å². The second kappa shape index (κ2) is 5.93. The SMILES string of the molecule is C=C1Nc2ccc(C(=O)CSCC(=O)OC)cc2C1(C)C. The first kappa shape index (κ1) is 15.6. The van der Waals surface area contributed by atoms with Crippen molar-refractivity contribution in [2.24, 2.45) is 0 Å². The Morgan fingerprint density at radius 3 is 2.71 bits per heavy atom. The van der Waals surface area contributed by atoms with Crippen LogP contribution in [0.1, 0.15) is 29.8 Å². The number of ketones is 1. The molecule has 0 amide bonds. The molecule has 1 aromatic rings. The Morgan fingerprint density at radius 1 is 1.33 bits per heavy atom. The van der Waals surface area contributed by atoms with E-state index in [-0.39, 0.29) is 28.7 Å². The highest BCUT2D eigenvalue weighted by Gasteiger charge is 2.33. The molecular weight excluding hydrogens is 286 g/mol. The maximum Gasteiger partial charge on any atom is 0.315 e. The molecule has 112 valence electrons. The summed E-state index contributed by atoms with van der Waals surface area (Å²) in [4.78, 5) is 23.2. The first-order valence-electron chi connectivity index (χ1n) is 6.65. The molecule has 2 rings (SSSR count). The van der Waals surface area contributed by atoms with Crippen LogP contribution in [-0.4, -0.2) is 30.4 Å². The van der Waals surface area contributed by atoms with Gasteiger partial charge in [0.1, 0.15) is 0 Å². The summed E-state index contributed by atoms with van der Waals surface area (Å²) in [7, 11) is 1.34. The second-order valence-electron chi connectivity index (χ2n) is 5.48. The molecule has 1 N–H and O–H groups in total. The van der Waals surface area contributed by atoms with Gasteiger partial charge in [-0.3, -0.25) is 9.59 Å². The van der Waals surface area contributed by atoms with Gasteiger partial charge < -0.3 is 10.1 Å². The normalized spacial score (nSPS) is 15.3. The van der Waals surface area contributed by atoms with Crippen LogP contribution in [0.25, 0.3) is 0 Å². The molecule has 1 aromatic carbocycles. The Bertz CT molecular complexity index is 608. The highest BCUT2D eigenvalue weighted by Crippen LogP contribution is 2.42. The molecule has 0 bridgehead atoms. The van der Waals surface area contributed by atoms with Gasteiger partial charge >= 0.3 is 5.97 Å². The zero-order valence-corrected chi connectivity index (χ0v) is 13.3. The van der Waals surface area contributed by atoms with Gasteiger partial charge in [0.05, 0.1) is 18.6 Å². The number of thioether (sulfide) groups is 1. The molecule has 5 heteroatoms. The summed E-state index contributed by atoms with van der Waals surface area (Å²) in [5, 5.41) is 3.25. The molecule has 0 aliphatic carbocycles. The van der Waals surface area contributed by atoms with Crippen molar-refractivity contribution in [3.05, 3.63) is 41.6 Å². The van der Waals surface area contributed by atoms with Gasteiger partial charge in [-0.05, 0) is 23.8 Å². The average molecular weight is 305 g/mol. The van der Waals surface area contributed by atoms with Crippen molar-refractivity contribution in [2.75, 3.05) is 23.9 Å². The molecule has 0 atom stereocenters. The zero-order valence-electron chi connectivity index (χ0n) is 12.5. The lowest BCUT2D eigenvalue weighted by molar-refractivity contribution is -0.137. The van der Waals surface area contributed by atoms with Gasteiger partial charge in [0.2, 0.25) is 0 Å². The van der Waals surface area contributed by atoms with Crippen LogP contribution < -0.4 is 5.32 Å². The minimum atomic E-state index is -0.316. The zero-order chi connectivity index (χ0) is 15.6. The first-order chi connectivity index (χ1) is 9.86. The average Bonchev–Trinajstić information content (AvgIpc) is 2.68. The van der Waals surface area contributed by atoms with Gasteiger partial charge in [-0.25, -0.2) is 0 Å². The number of methoxy groups -OCH3 is 1. The van der Waals surface area contributed by atoms with Gasteiger partial charge in [-0.15, -0.1) is 11.8 Å². The van der Waals surface area contributed by atoms with Crippen LogP contribution in [0, 0.1) is 0 Å². The predicted octanol–water partition coefficient (Wildman–Crippen LogP) is 2.99. The molecule has 4 nitrogen and oxygen atoms in total. The second-order valence-corrected chi connectivity index (χ2v) is 6.47. The molecular formula is C16H19NO3S. The minimum absolute atomic E-state index is 0.0139. The van der Waals surface area contributed by atoms with E-state index in [0.717, 1.165) is 16.9 Å². The van der Waals surface area contributed by atoms with Crippen molar-refractivity contribution in [1.82, 2.24) is 0 Å². The fraction of sp³-hybridized carbons (Fsp3) is 0.375. The number of anilines is 1. The molecule has 0 saturated carbocycles. The standard InChI is InChI=1S/C16H19NO3S/c1-10-16(2,3)12-7-11(5-6-13(12)17-10)14(18)8-21-9-15(19)20-4/h5-7,17H,1,8-9H2,2-4H3. The number of Topliss-reactive ketones (excluding diaryl/α,β-unsaturated/α-hetero) is 1. The summed E-state index contributed by atoms with van der Waals surface area (Å²) in [6.45, 7) is 8.18. The molecule has 1 aliphatic rings. The van der Waals surface area contributed by atoms with Crippen LogP contribution in [0.15, 0.2) is 30.5 Å². The van der Waals surface area contributed by atoms with E-state index in [9.17, 15) is 9.59 Å². The Morgan fingerprint density at radius 2 is 2.05 bits per heavy atom. The molecule has 1 aliphatic heterocycles. The maximum atomic E-state index is 12.2. The van der Waals surface area contributed by atoms with Crippen molar-refractivity contribution >= 4 is 29.2 Å². The number of nitrogens with one attached hydrogen (secondary N) is 1. The van der Waals surface area contributed by atoms with Gasteiger partial charge in [-0.2, -0.15) is 0 Å². The lowest BCUT2D eigenvalue weighted by Crippen LogP contribution is -2.16. The quantitative estimate of drug-likeness (QED) is 0.669. The molecule has 0 saturated heterocycles. The maximum absolute atomic E-state index is 12.2. The molecule has 0 aromatic heterocycles. The summed E-state index contributed by atoms with van der Waals surface area (Å²) in [6.07, 6.45) is 0. The van der Waals surface area contributed by atoms with Gasteiger partial charge in [-0.1, -0.05) is 20.4 Å². The molecule has 0 unspecified atom stereocenters. The van der Waals surface area contributed by atoms with E-state index < -0.39 is 0 Å². The lowest BCUT2D eigenvalue weighted by Gasteiger charge is -2.19. The number of esters is 1. The molecule has 1 heterocycles. The summed E-state index contributed by atoms with van der Waals surface area (Å²) in [5.41, 5.74) is 3.49. The third-order valence-corrected chi connectivity index (χ3v) is 4.64. The summed E-state index contributed by atoms with van der Waals surface area (Å²) in [5.74, 6) is 0.156. The van der Waals surface area contributed by atoms with Crippen molar-refractivity contribution in [3.8, 4) is 0 Å². The predicted molar refractivity (Wildman–Crippen MR) is 85.9 cm³/mol. The van der Waals surface area contributed by atoms with Crippen LogP contribution in [0.2, 0.25) is 0 Å². The number of benzene rings is 1. The topological polar surface area (TPSA) is 55.4 Å². The van der Waals surface area contributed by atoms with Crippen molar-refractivity contribution in [3.63, 3.8) is 0 Å². The number of carbonyl (C=O) groups excluding carboxylic acids is 2. The third-order valence-electron chi connectivity index (χ3n) is 3.74. The van der Waals surface area contributed by atoms with Crippen LogP contribution in [-0.2, 0) is 14.9 Å². The van der Waals surface area contributed by atoms with Crippen molar-refractivity contribution < 1.29 is 14.3 Å². The Hall–Kier alpha value is -1.75. The Kier molecular flexibility index (Phi) is 4.42. The number of allylic oxidation sites excluding steroid dienone is 1. The fourth-order valence-electron chi connectivity index (χ4n) is 2.19. The Balaban J connectivity index is 2.09. The largest absolute Gasteiger partial charge is 0.468 e. The molecule has 21 heavy (non-hydrogen) atoms. The third kappa shape index (κ3) is 3.13. The van der Waals surface area contributed by atoms with Crippen molar-refractivity contribution in [1.29, 1.82) is 0 Å². The van der Waals surface area contributed by atoms with E-state index in [1.54, 1.807) is 0 Å². The number of fused-ring (bicyclic) bond motifs is 1. The van der Waals surface area contributed by atoms with Gasteiger partial charge in [0, 0.05) is 22.4 Å². The fourth-order valence-corrected chi connectivity index (χ4v) is 2.93. The number of ether oxygens (including phenoxy) is 1. The highest BCUT2D eigenvalue weighted by atomic mass is 32.2. The molecule has 0 radical (unpaired) electrons. The van der Waals surface area contributed by atoms with E-state index in [1.807, 2.05) is 18.2 Å². The number of hydrogen-bond donors (Lipinski definition) is 1. The van der Waals surface area contributed by atoms with E-state index in [2.05, 4.69) is 30.5 Å². The first-order valence-corrected chi connectivity index (χ1v) is 7.80. The van der Waals surface area contributed by atoms with E-state index in [0.29, 0.717) is 5.56 Å². The lowest BCUT2D eigenvalue weighted by atomic mass is 9.83. The summed E-state index contributed by atoms with van der Waals surface area (Å²) < 4.78 is 4.55. The highest BCUT2D eigenvalue weighted by molar-refractivity contribution is 8.00. The minimum Gasteiger partial charge on any atom is -0.468 e. The van der Waals surface area contributed by atoms with Gasteiger partial charge in [0.25, 0.3) is 0 Å². The number of carbonyl (C=O) groups is 2. The summed E-state index contributed by atoms with van der Waals surface area (Å²) >= 11 is 1.27. The van der Waals surface area contributed by atoms with Crippen LogP contribution in [0.3, 0.4) is 0 Å². The molecule has 0 spiro atoms. The number of hydrogen-bond acceptors (Lipinski definition) is 5. The number of rotatable bonds is 5. The van der Waals surface area contributed by atoms with Crippen LogP contribution in [0.4, 0.5) is 5.69 Å². The summed E-state index contributed by atoms with van der Waals surface area (Å²) in [6, 6.07) is 5.64. The Labute approximate surface area is 128 Å². The van der Waals surface area contributed by atoms with Gasteiger partial charge in [0.15, 0.2) is 5.78 Å². The van der Waals surface area contributed by atoms with E-state index >= 15 is 0 Å². The smallest absolute Gasteiger partial charge is 0.315 e.